The highest BCUT2D eigenvalue weighted by molar-refractivity contribution is 9.10. The van der Waals surface area contributed by atoms with Crippen LogP contribution in [0.2, 0.25) is 10.0 Å². The summed E-state index contributed by atoms with van der Waals surface area (Å²) in [5, 5.41) is 5.46. The number of thiophene rings is 1. The molecule has 0 aliphatic carbocycles. The number of halogens is 3. The Morgan fingerprint density at radius 1 is 1.04 bits per heavy atom. The van der Waals surface area contributed by atoms with Crippen molar-refractivity contribution in [3.8, 4) is 11.1 Å². The molecule has 3 nitrogen and oxygen atoms in total. The zero-order valence-electron chi connectivity index (χ0n) is 13.6. The van der Waals surface area contributed by atoms with Crippen molar-refractivity contribution >= 4 is 72.2 Å². The number of nitrogens with zero attached hydrogens (tertiary/aromatic N) is 2. The topological polar surface area (TPSA) is 37.8 Å². The predicted molar refractivity (Wildman–Crippen MR) is 115 cm³/mol. The van der Waals surface area contributed by atoms with Gasteiger partial charge in [-0.05, 0) is 42.8 Å². The van der Waals surface area contributed by atoms with E-state index >= 15 is 0 Å². The monoisotopic (exact) mass is 463 g/mol. The smallest absolute Gasteiger partial charge is 0.143 e. The van der Waals surface area contributed by atoms with E-state index in [1.165, 1.54) is 4.88 Å². The Morgan fingerprint density at radius 3 is 2.54 bits per heavy atom. The van der Waals surface area contributed by atoms with Gasteiger partial charge in [0.25, 0.3) is 0 Å². The number of anilines is 2. The number of nitrogens with one attached hydrogen (secondary N) is 1. The molecule has 2 aromatic heterocycles. The molecule has 0 amide bonds. The summed E-state index contributed by atoms with van der Waals surface area (Å²) in [6, 6.07) is 13.6. The van der Waals surface area contributed by atoms with E-state index in [1.807, 2.05) is 18.2 Å². The van der Waals surface area contributed by atoms with Crippen molar-refractivity contribution in [3.63, 3.8) is 0 Å². The van der Waals surface area contributed by atoms with Crippen LogP contribution in [0.5, 0.6) is 0 Å². The fourth-order valence-corrected chi connectivity index (χ4v) is 4.55. The van der Waals surface area contributed by atoms with Crippen molar-refractivity contribution in [1.82, 2.24) is 9.97 Å². The molecule has 4 rings (SSSR count). The molecule has 0 fully saturated rings. The van der Waals surface area contributed by atoms with Crippen LogP contribution in [-0.4, -0.2) is 9.97 Å². The number of benzene rings is 2. The summed E-state index contributed by atoms with van der Waals surface area (Å²) in [5.74, 6) is 0.724. The third kappa shape index (κ3) is 3.32. The average Bonchev–Trinajstić information content (AvgIpc) is 2.95. The van der Waals surface area contributed by atoms with Crippen LogP contribution < -0.4 is 5.32 Å². The van der Waals surface area contributed by atoms with Crippen LogP contribution in [-0.2, 0) is 0 Å². The third-order valence-corrected chi connectivity index (χ3v) is 6.07. The third-order valence-electron chi connectivity index (χ3n) is 3.98. The zero-order chi connectivity index (χ0) is 18.3. The number of rotatable bonds is 3. The first-order chi connectivity index (χ1) is 12.5. The van der Waals surface area contributed by atoms with E-state index in [1.54, 1.807) is 29.8 Å². The second-order valence-electron chi connectivity index (χ2n) is 5.69. The quantitative estimate of drug-likeness (QED) is 0.341. The number of aromatic nitrogens is 2. The molecule has 1 N–H and O–H groups in total. The molecule has 0 saturated heterocycles. The normalized spacial score (nSPS) is 11.1. The molecular formula is C19H12BrCl2N3S. The van der Waals surface area contributed by atoms with Crippen LogP contribution in [0.25, 0.3) is 21.3 Å². The summed E-state index contributed by atoms with van der Waals surface area (Å²) < 4.78 is 1.04. The van der Waals surface area contributed by atoms with Crippen molar-refractivity contribution < 1.29 is 0 Å². The molecule has 0 spiro atoms. The van der Waals surface area contributed by atoms with Crippen LogP contribution >= 0.6 is 50.5 Å². The number of hydrogen-bond acceptors (Lipinski definition) is 4. The first-order valence-corrected chi connectivity index (χ1v) is 10.1. The maximum Gasteiger partial charge on any atom is 0.143 e. The van der Waals surface area contributed by atoms with E-state index in [4.69, 9.17) is 23.2 Å². The Morgan fingerprint density at radius 2 is 1.81 bits per heavy atom. The SMILES string of the molecule is Cc1sc2ncnc(Nc3ccc(Cl)cc3Cl)c2c1-c1ccc(Br)cc1. The highest BCUT2D eigenvalue weighted by Gasteiger charge is 2.17. The van der Waals surface area contributed by atoms with E-state index in [0.29, 0.717) is 10.0 Å². The van der Waals surface area contributed by atoms with Crippen molar-refractivity contribution in [1.29, 1.82) is 0 Å². The highest BCUT2D eigenvalue weighted by atomic mass is 79.9. The lowest BCUT2D eigenvalue weighted by Gasteiger charge is -2.10. The Balaban J connectivity index is 1.89. The van der Waals surface area contributed by atoms with Crippen molar-refractivity contribution in [2.24, 2.45) is 0 Å². The molecule has 7 heteroatoms. The largest absolute Gasteiger partial charge is 0.338 e. The minimum absolute atomic E-state index is 0.543. The lowest BCUT2D eigenvalue weighted by atomic mass is 10.0. The molecule has 0 radical (unpaired) electrons. The van der Waals surface area contributed by atoms with E-state index in [0.717, 1.165) is 37.3 Å². The second kappa shape index (κ2) is 7.16. The lowest BCUT2D eigenvalue weighted by Crippen LogP contribution is -1.96. The molecule has 26 heavy (non-hydrogen) atoms. The van der Waals surface area contributed by atoms with Gasteiger partial charge in [0.15, 0.2) is 0 Å². The summed E-state index contributed by atoms with van der Waals surface area (Å²) in [7, 11) is 0. The average molecular weight is 465 g/mol. The Kier molecular flexibility index (Phi) is 4.88. The lowest BCUT2D eigenvalue weighted by molar-refractivity contribution is 1.23. The molecule has 0 atom stereocenters. The Hall–Kier alpha value is -1.66. The molecule has 2 heterocycles. The van der Waals surface area contributed by atoms with Gasteiger partial charge in [-0.1, -0.05) is 51.3 Å². The first kappa shape index (κ1) is 17.7. The molecule has 0 aliphatic rings. The predicted octanol–water partition coefficient (Wildman–Crippen LogP) is 7.48. The van der Waals surface area contributed by atoms with Gasteiger partial charge in [0, 0.05) is 19.9 Å². The molecule has 0 unspecified atom stereocenters. The first-order valence-electron chi connectivity index (χ1n) is 7.75. The van der Waals surface area contributed by atoms with Gasteiger partial charge < -0.3 is 5.32 Å². The standard InChI is InChI=1S/C19H12BrCl2N3S/c1-10-16(11-2-4-12(20)5-3-11)17-18(23-9-24-19(17)26-10)25-15-7-6-13(21)8-14(15)22/h2-9H,1H3,(H,23,24,25). The van der Waals surface area contributed by atoms with Gasteiger partial charge in [-0.2, -0.15) is 0 Å². The van der Waals surface area contributed by atoms with E-state index in [9.17, 15) is 0 Å². The van der Waals surface area contributed by atoms with Gasteiger partial charge in [0.1, 0.15) is 17.0 Å². The number of aryl methyl sites for hydroxylation is 1. The summed E-state index contributed by atoms with van der Waals surface area (Å²) in [6.45, 7) is 2.10. The minimum Gasteiger partial charge on any atom is -0.338 e. The Labute approximate surface area is 173 Å². The molecule has 4 aromatic rings. The van der Waals surface area contributed by atoms with Crippen LogP contribution in [0.3, 0.4) is 0 Å². The maximum absolute atomic E-state index is 6.32. The number of fused-ring (bicyclic) bond motifs is 1. The highest BCUT2D eigenvalue weighted by Crippen LogP contribution is 2.41. The van der Waals surface area contributed by atoms with Crippen LogP contribution in [0, 0.1) is 6.92 Å². The van der Waals surface area contributed by atoms with Gasteiger partial charge in [-0.15, -0.1) is 11.3 Å². The van der Waals surface area contributed by atoms with E-state index < -0.39 is 0 Å². The van der Waals surface area contributed by atoms with Gasteiger partial charge in [0.2, 0.25) is 0 Å². The second-order valence-corrected chi connectivity index (χ2v) is 8.65. The van der Waals surface area contributed by atoms with Crippen molar-refractivity contribution in [2.75, 3.05) is 5.32 Å². The van der Waals surface area contributed by atoms with E-state index in [2.05, 4.69) is 50.3 Å². The minimum atomic E-state index is 0.543. The van der Waals surface area contributed by atoms with Crippen LogP contribution in [0.1, 0.15) is 4.88 Å². The van der Waals surface area contributed by atoms with Gasteiger partial charge in [-0.3, -0.25) is 0 Å². The molecule has 2 aromatic carbocycles. The van der Waals surface area contributed by atoms with Crippen LogP contribution in [0.15, 0.2) is 53.3 Å². The van der Waals surface area contributed by atoms with Crippen molar-refractivity contribution in [3.05, 3.63) is 68.2 Å². The molecular weight excluding hydrogens is 453 g/mol. The molecule has 0 bridgehead atoms. The van der Waals surface area contributed by atoms with Crippen LogP contribution in [0.4, 0.5) is 11.5 Å². The number of hydrogen-bond donors (Lipinski definition) is 1. The fourth-order valence-electron chi connectivity index (χ4n) is 2.82. The summed E-state index contributed by atoms with van der Waals surface area (Å²) in [4.78, 5) is 11.0. The van der Waals surface area contributed by atoms with E-state index in [-0.39, 0.29) is 0 Å². The zero-order valence-corrected chi connectivity index (χ0v) is 17.5. The van der Waals surface area contributed by atoms with Gasteiger partial charge in [0.05, 0.1) is 16.1 Å². The molecule has 0 aliphatic heterocycles. The molecule has 130 valence electrons. The summed E-state index contributed by atoms with van der Waals surface area (Å²) in [5.41, 5.74) is 3.00. The van der Waals surface area contributed by atoms with Crippen molar-refractivity contribution in [2.45, 2.75) is 6.92 Å². The van der Waals surface area contributed by atoms with Gasteiger partial charge >= 0.3 is 0 Å². The van der Waals surface area contributed by atoms with Gasteiger partial charge in [-0.25, -0.2) is 9.97 Å². The Bertz CT molecular complexity index is 1110. The summed E-state index contributed by atoms with van der Waals surface area (Å²) >= 11 is 17.5. The maximum atomic E-state index is 6.32. The summed E-state index contributed by atoms with van der Waals surface area (Å²) in [6.07, 6.45) is 1.57. The molecule has 0 saturated carbocycles. The fraction of sp³-hybridized carbons (Fsp3) is 0.0526.